The molecule has 0 bridgehead atoms. The van der Waals surface area contributed by atoms with Crippen molar-refractivity contribution in [1.82, 2.24) is 14.5 Å². The van der Waals surface area contributed by atoms with Gasteiger partial charge in [-0.2, -0.15) is 0 Å². The molecule has 1 aromatic carbocycles. The Labute approximate surface area is 161 Å². The summed E-state index contributed by atoms with van der Waals surface area (Å²) in [5.41, 5.74) is 2.51. The monoisotopic (exact) mass is 381 g/mol. The minimum Gasteiger partial charge on any atom is -0.378 e. The van der Waals surface area contributed by atoms with Crippen LogP contribution in [0.2, 0.25) is 0 Å². The average Bonchev–Trinajstić information content (AvgIpc) is 3.11. The Kier molecular flexibility index (Phi) is 5.03. The molecule has 0 saturated carbocycles. The number of hydrogen-bond donors (Lipinski definition) is 1. The summed E-state index contributed by atoms with van der Waals surface area (Å²) in [5, 5.41) is 2.71. The number of aryl methyl sites for hydroxylation is 1. The molecule has 0 radical (unpaired) electrons. The first-order valence-electron chi connectivity index (χ1n) is 8.98. The van der Waals surface area contributed by atoms with E-state index < -0.39 is 5.82 Å². The molecular weight excluding hydrogens is 361 g/mol. The Morgan fingerprint density at radius 3 is 2.61 bits per heavy atom. The molecule has 1 aliphatic rings. The summed E-state index contributed by atoms with van der Waals surface area (Å²) >= 11 is 0. The first-order valence-corrected chi connectivity index (χ1v) is 8.98. The van der Waals surface area contributed by atoms with Crippen LogP contribution in [0, 0.1) is 5.82 Å². The normalized spacial score (nSPS) is 14.1. The van der Waals surface area contributed by atoms with Gasteiger partial charge in [-0.3, -0.25) is 4.79 Å². The van der Waals surface area contributed by atoms with Crippen molar-refractivity contribution in [2.45, 2.75) is 0 Å². The minimum absolute atomic E-state index is 0.315. The fourth-order valence-corrected chi connectivity index (χ4v) is 3.11. The second-order valence-electron chi connectivity index (χ2n) is 6.56. The number of ether oxygens (including phenoxy) is 1. The van der Waals surface area contributed by atoms with Crippen molar-refractivity contribution in [3.63, 3.8) is 0 Å². The standard InChI is InChI=1S/C20H20FN5O2/c1-25-13-14(9-18(25)19(27)24-17-4-2-3-16(21)10-17)15-11-22-20(23-12-15)26-5-7-28-8-6-26/h2-4,9-13H,5-8H2,1H3,(H,24,27). The molecule has 4 rings (SSSR count). The smallest absolute Gasteiger partial charge is 0.272 e. The third-order valence-corrected chi connectivity index (χ3v) is 4.59. The maximum absolute atomic E-state index is 13.3. The lowest BCUT2D eigenvalue weighted by Gasteiger charge is -2.26. The number of amides is 1. The highest BCUT2D eigenvalue weighted by molar-refractivity contribution is 6.04. The third-order valence-electron chi connectivity index (χ3n) is 4.59. The van der Waals surface area contributed by atoms with Gasteiger partial charge in [0, 0.05) is 55.5 Å². The van der Waals surface area contributed by atoms with Gasteiger partial charge in [-0.25, -0.2) is 14.4 Å². The number of nitrogens with one attached hydrogen (secondary N) is 1. The van der Waals surface area contributed by atoms with Gasteiger partial charge < -0.3 is 19.5 Å². The van der Waals surface area contributed by atoms with Crippen molar-refractivity contribution < 1.29 is 13.9 Å². The van der Waals surface area contributed by atoms with Gasteiger partial charge in [0.15, 0.2) is 0 Å². The Bertz CT molecular complexity index is 981. The molecule has 8 heteroatoms. The summed E-state index contributed by atoms with van der Waals surface area (Å²) < 4.78 is 20.4. The Morgan fingerprint density at radius 2 is 1.89 bits per heavy atom. The first kappa shape index (κ1) is 18.1. The lowest BCUT2D eigenvalue weighted by atomic mass is 10.2. The van der Waals surface area contributed by atoms with Crippen LogP contribution in [-0.2, 0) is 11.8 Å². The van der Waals surface area contributed by atoms with Crippen LogP contribution in [0.5, 0.6) is 0 Å². The zero-order valence-corrected chi connectivity index (χ0v) is 15.4. The number of carbonyl (C=O) groups excluding carboxylic acids is 1. The molecule has 2 aromatic heterocycles. The second-order valence-corrected chi connectivity index (χ2v) is 6.56. The Morgan fingerprint density at radius 1 is 1.14 bits per heavy atom. The van der Waals surface area contributed by atoms with E-state index >= 15 is 0 Å². The number of rotatable bonds is 4. The molecule has 1 saturated heterocycles. The molecule has 7 nitrogen and oxygen atoms in total. The Hall–Kier alpha value is -3.26. The van der Waals surface area contributed by atoms with Crippen LogP contribution in [0.3, 0.4) is 0 Å². The van der Waals surface area contributed by atoms with E-state index in [4.69, 9.17) is 4.74 Å². The van der Waals surface area contributed by atoms with Gasteiger partial charge in [-0.15, -0.1) is 0 Å². The number of anilines is 2. The van der Waals surface area contributed by atoms with Crippen molar-refractivity contribution in [3.05, 3.63) is 60.4 Å². The topological polar surface area (TPSA) is 72.3 Å². The molecule has 3 heterocycles. The SMILES string of the molecule is Cn1cc(-c2cnc(N3CCOCC3)nc2)cc1C(=O)Nc1cccc(F)c1. The number of morpholine rings is 1. The molecule has 0 spiro atoms. The van der Waals surface area contributed by atoms with Gasteiger partial charge >= 0.3 is 0 Å². The highest BCUT2D eigenvalue weighted by atomic mass is 19.1. The van der Waals surface area contributed by atoms with Crippen LogP contribution < -0.4 is 10.2 Å². The average molecular weight is 381 g/mol. The summed E-state index contributed by atoms with van der Waals surface area (Å²) in [6.07, 6.45) is 5.34. The fraction of sp³-hybridized carbons (Fsp3) is 0.250. The van der Waals surface area contributed by atoms with Crippen molar-refractivity contribution in [1.29, 1.82) is 0 Å². The molecule has 1 aliphatic heterocycles. The number of hydrogen-bond acceptors (Lipinski definition) is 5. The maximum atomic E-state index is 13.3. The molecule has 0 atom stereocenters. The highest BCUT2D eigenvalue weighted by Gasteiger charge is 2.16. The molecule has 0 unspecified atom stereocenters. The fourth-order valence-electron chi connectivity index (χ4n) is 3.11. The minimum atomic E-state index is -0.400. The number of carbonyl (C=O) groups is 1. The van der Waals surface area contributed by atoms with Crippen LogP contribution in [0.25, 0.3) is 11.1 Å². The van der Waals surface area contributed by atoms with Crippen LogP contribution in [0.15, 0.2) is 48.9 Å². The molecular formula is C20H20FN5O2. The van der Waals surface area contributed by atoms with Crippen molar-refractivity contribution in [2.24, 2.45) is 7.05 Å². The molecule has 3 aromatic rings. The summed E-state index contributed by atoms with van der Waals surface area (Å²) in [5.74, 6) is -0.0415. The van der Waals surface area contributed by atoms with Gasteiger partial charge in [-0.05, 0) is 24.3 Å². The van der Waals surface area contributed by atoms with Crippen molar-refractivity contribution >= 4 is 17.5 Å². The van der Waals surface area contributed by atoms with Crippen LogP contribution >= 0.6 is 0 Å². The van der Waals surface area contributed by atoms with Crippen LogP contribution in [0.1, 0.15) is 10.5 Å². The van der Waals surface area contributed by atoms with Crippen LogP contribution in [-0.4, -0.2) is 46.7 Å². The van der Waals surface area contributed by atoms with E-state index in [9.17, 15) is 9.18 Å². The Balaban J connectivity index is 1.51. The zero-order valence-electron chi connectivity index (χ0n) is 15.4. The molecule has 1 fully saturated rings. The summed E-state index contributed by atoms with van der Waals surface area (Å²) in [6, 6.07) is 7.57. The molecule has 1 N–H and O–H groups in total. The van der Waals surface area contributed by atoms with Crippen LogP contribution in [0.4, 0.5) is 16.0 Å². The second kappa shape index (κ2) is 7.77. The van der Waals surface area contributed by atoms with E-state index in [0.717, 1.165) is 24.2 Å². The predicted octanol–water partition coefficient (Wildman–Crippen LogP) is 2.71. The van der Waals surface area contributed by atoms with E-state index in [1.165, 1.54) is 12.1 Å². The van der Waals surface area contributed by atoms with Gasteiger partial charge in [-0.1, -0.05) is 6.07 Å². The van der Waals surface area contributed by atoms with E-state index in [-0.39, 0.29) is 5.91 Å². The van der Waals surface area contributed by atoms with Gasteiger partial charge in [0.25, 0.3) is 5.91 Å². The lowest BCUT2D eigenvalue weighted by Crippen LogP contribution is -2.37. The summed E-state index contributed by atoms with van der Waals surface area (Å²) in [4.78, 5) is 23.5. The van der Waals surface area contributed by atoms with E-state index in [1.54, 1.807) is 42.2 Å². The van der Waals surface area contributed by atoms with E-state index in [2.05, 4.69) is 20.2 Å². The summed E-state index contributed by atoms with van der Waals surface area (Å²) in [6.45, 7) is 2.89. The summed E-state index contributed by atoms with van der Waals surface area (Å²) in [7, 11) is 1.78. The lowest BCUT2D eigenvalue weighted by molar-refractivity contribution is 0.101. The number of benzene rings is 1. The number of nitrogens with zero attached hydrogens (tertiary/aromatic N) is 4. The first-order chi connectivity index (χ1) is 13.6. The van der Waals surface area contributed by atoms with E-state index in [1.807, 2.05) is 6.20 Å². The molecule has 1 amide bonds. The molecule has 0 aliphatic carbocycles. The zero-order chi connectivity index (χ0) is 19.5. The van der Waals surface area contributed by atoms with Crippen molar-refractivity contribution in [3.8, 4) is 11.1 Å². The quantitative estimate of drug-likeness (QED) is 0.752. The van der Waals surface area contributed by atoms with Gasteiger partial charge in [0.2, 0.25) is 5.95 Å². The number of halogens is 1. The predicted molar refractivity (Wildman–Crippen MR) is 104 cm³/mol. The highest BCUT2D eigenvalue weighted by Crippen LogP contribution is 2.23. The van der Waals surface area contributed by atoms with E-state index in [0.29, 0.717) is 30.5 Å². The molecule has 144 valence electrons. The maximum Gasteiger partial charge on any atom is 0.272 e. The molecule has 28 heavy (non-hydrogen) atoms. The largest absolute Gasteiger partial charge is 0.378 e. The van der Waals surface area contributed by atoms with Crippen molar-refractivity contribution in [2.75, 3.05) is 36.5 Å². The number of aromatic nitrogens is 3. The van der Waals surface area contributed by atoms with Gasteiger partial charge in [0.05, 0.1) is 13.2 Å². The van der Waals surface area contributed by atoms with Gasteiger partial charge in [0.1, 0.15) is 11.5 Å². The third kappa shape index (κ3) is 3.86.